The lowest BCUT2D eigenvalue weighted by Gasteiger charge is -2.07. The molecule has 1 aromatic heterocycles. The van der Waals surface area contributed by atoms with Gasteiger partial charge < -0.3 is 10.1 Å². The van der Waals surface area contributed by atoms with Crippen molar-refractivity contribution in [2.75, 3.05) is 30.5 Å². The highest BCUT2D eigenvalue weighted by molar-refractivity contribution is 7.84. The van der Waals surface area contributed by atoms with Crippen LogP contribution in [0, 0.1) is 0 Å². The zero-order chi connectivity index (χ0) is 13.7. The van der Waals surface area contributed by atoms with Crippen molar-refractivity contribution in [3.05, 3.63) is 24.4 Å². The van der Waals surface area contributed by atoms with E-state index in [1.54, 1.807) is 12.5 Å². The van der Waals surface area contributed by atoms with Gasteiger partial charge in [0.2, 0.25) is 0 Å². The second-order valence-electron chi connectivity index (χ2n) is 4.06. The molecule has 1 heterocycles. The zero-order valence-corrected chi connectivity index (χ0v) is 11.9. The number of nitrogens with one attached hydrogen (secondary N) is 1. The number of aromatic nitrogens is 2. The van der Waals surface area contributed by atoms with E-state index in [-0.39, 0.29) is 0 Å². The minimum atomic E-state index is -0.776. The topological polar surface area (TPSA) is 64.1 Å². The van der Waals surface area contributed by atoms with Gasteiger partial charge in [0.05, 0.1) is 12.1 Å². The fraction of sp³-hybridized carbons (Fsp3) is 0.385. The first-order chi connectivity index (χ1) is 9.19. The molecule has 0 aliphatic heterocycles. The smallest absolute Gasteiger partial charge is 0.316 e. The normalized spacial score (nSPS) is 12.3. The number of hydrogen-bond donors (Lipinski definition) is 1. The molecule has 1 atom stereocenters. The molecule has 0 aliphatic rings. The largest absolute Gasteiger partial charge is 0.464 e. The predicted octanol–water partition coefficient (Wildman–Crippen LogP) is 1.82. The molecule has 0 radical (unpaired) electrons. The lowest BCUT2D eigenvalue weighted by atomic mass is 10.2. The quantitative estimate of drug-likeness (QED) is 0.874. The van der Waals surface area contributed by atoms with Gasteiger partial charge in [-0.1, -0.05) is 0 Å². The van der Waals surface area contributed by atoms with Crippen LogP contribution in [0.5, 0.6) is 6.01 Å². The molecule has 0 saturated carbocycles. The lowest BCUT2D eigenvalue weighted by Crippen LogP contribution is -2.09. The molecule has 0 saturated heterocycles. The van der Waals surface area contributed by atoms with Crippen LogP contribution in [0.3, 0.4) is 0 Å². The molecule has 0 aliphatic carbocycles. The van der Waals surface area contributed by atoms with E-state index in [0.717, 1.165) is 16.6 Å². The zero-order valence-electron chi connectivity index (χ0n) is 11.0. The first-order valence-electron chi connectivity index (χ1n) is 6.12. The van der Waals surface area contributed by atoms with Gasteiger partial charge in [0.25, 0.3) is 0 Å². The summed E-state index contributed by atoms with van der Waals surface area (Å²) in [6, 6.07) is 6.25. The molecular weight excluding hydrogens is 262 g/mol. The Morgan fingerprint density at radius 1 is 1.42 bits per heavy atom. The van der Waals surface area contributed by atoms with Crippen molar-refractivity contribution in [2.24, 2.45) is 0 Å². The Morgan fingerprint density at radius 3 is 3.00 bits per heavy atom. The van der Waals surface area contributed by atoms with Gasteiger partial charge in [-0.25, -0.2) is 4.98 Å². The summed E-state index contributed by atoms with van der Waals surface area (Å²) >= 11 is 0. The van der Waals surface area contributed by atoms with Gasteiger partial charge in [-0.15, -0.1) is 0 Å². The Bertz CT molecular complexity index is 589. The standard InChI is InChI=1S/C13H17N3O2S/c1-3-18-13-15-9-10-8-11(4-5-12(10)16-13)14-6-7-19(2)17/h4-5,8-9,14H,3,6-7H2,1-2H3. The van der Waals surface area contributed by atoms with Gasteiger partial charge in [-0.3, -0.25) is 4.21 Å². The van der Waals surface area contributed by atoms with E-state index in [0.29, 0.717) is 24.9 Å². The molecule has 102 valence electrons. The Labute approximate surface area is 114 Å². The van der Waals surface area contributed by atoms with Crippen molar-refractivity contribution < 1.29 is 8.95 Å². The summed E-state index contributed by atoms with van der Waals surface area (Å²) in [6.45, 7) is 3.14. The van der Waals surface area contributed by atoms with E-state index in [1.807, 2.05) is 25.1 Å². The van der Waals surface area contributed by atoms with Crippen molar-refractivity contribution in [3.63, 3.8) is 0 Å². The molecule has 0 amide bonds. The van der Waals surface area contributed by atoms with E-state index in [2.05, 4.69) is 15.3 Å². The average molecular weight is 279 g/mol. The minimum absolute atomic E-state index is 0.400. The molecule has 2 aromatic rings. The van der Waals surface area contributed by atoms with Crippen LogP contribution in [-0.2, 0) is 10.8 Å². The number of anilines is 1. The Balaban J connectivity index is 2.12. The molecule has 1 unspecified atom stereocenters. The Hall–Kier alpha value is -1.69. The van der Waals surface area contributed by atoms with Crippen molar-refractivity contribution in [1.82, 2.24) is 9.97 Å². The molecule has 19 heavy (non-hydrogen) atoms. The van der Waals surface area contributed by atoms with E-state index in [1.165, 1.54) is 0 Å². The van der Waals surface area contributed by atoms with Gasteiger partial charge in [0, 0.05) is 46.6 Å². The van der Waals surface area contributed by atoms with Crippen molar-refractivity contribution >= 4 is 27.4 Å². The third-order valence-corrected chi connectivity index (χ3v) is 3.33. The molecule has 5 nitrogen and oxygen atoms in total. The minimum Gasteiger partial charge on any atom is -0.464 e. The van der Waals surface area contributed by atoms with Gasteiger partial charge >= 0.3 is 6.01 Å². The predicted molar refractivity (Wildman–Crippen MR) is 78.1 cm³/mol. The van der Waals surface area contributed by atoms with Crippen LogP contribution in [0.4, 0.5) is 5.69 Å². The van der Waals surface area contributed by atoms with Crippen LogP contribution in [0.15, 0.2) is 24.4 Å². The fourth-order valence-corrected chi connectivity index (χ4v) is 2.05. The van der Waals surface area contributed by atoms with Crippen LogP contribution >= 0.6 is 0 Å². The summed E-state index contributed by atoms with van der Waals surface area (Å²) in [7, 11) is -0.776. The summed E-state index contributed by atoms with van der Waals surface area (Å²) in [5.41, 5.74) is 1.83. The maximum absolute atomic E-state index is 11.0. The van der Waals surface area contributed by atoms with Crippen molar-refractivity contribution in [1.29, 1.82) is 0 Å². The molecular formula is C13H17N3O2S. The number of ether oxygens (including phenoxy) is 1. The summed E-state index contributed by atoms with van der Waals surface area (Å²) in [5, 5.41) is 4.18. The van der Waals surface area contributed by atoms with Gasteiger partial charge in [-0.05, 0) is 25.1 Å². The summed E-state index contributed by atoms with van der Waals surface area (Å²) in [6.07, 6.45) is 3.45. The molecule has 2 rings (SSSR count). The van der Waals surface area contributed by atoms with Gasteiger partial charge in [0.1, 0.15) is 0 Å². The van der Waals surface area contributed by atoms with Crippen LogP contribution in [0.25, 0.3) is 10.9 Å². The molecule has 1 aromatic carbocycles. The number of fused-ring (bicyclic) bond motifs is 1. The Morgan fingerprint density at radius 2 is 2.26 bits per heavy atom. The molecule has 0 fully saturated rings. The number of nitrogens with zero attached hydrogens (tertiary/aromatic N) is 2. The van der Waals surface area contributed by atoms with Crippen LogP contribution in [0.2, 0.25) is 0 Å². The third-order valence-electron chi connectivity index (χ3n) is 2.55. The van der Waals surface area contributed by atoms with Crippen LogP contribution < -0.4 is 10.1 Å². The first kappa shape index (κ1) is 13.7. The maximum Gasteiger partial charge on any atom is 0.316 e. The number of benzene rings is 1. The highest BCUT2D eigenvalue weighted by Crippen LogP contribution is 2.18. The number of hydrogen-bond acceptors (Lipinski definition) is 5. The van der Waals surface area contributed by atoms with Crippen molar-refractivity contribution in [3.8, 4) is 6.01 Å². The second-order valence-corrected chi connectivity index (χ2v) is 5.62. The Kier molecular flexibility index (Phi) is 4.68. The van der Waals surface area contributed by atoms with E-state index in [9.17, 15) is 4.21 Å². The summed E-state index contributed by atoms with van der Waals surface area (Å²) in [5.74, 6) is 0.637. The molecule has 1 N–H and O–H groups in total. The third kappa shape index (κ3) is 3.89. The molecule has 0 bridgehead atoms. The lowest BCUT2D eigenvalue weighted by molar-refractivity contribution is 0.314. The average Bonchev–Trinajstić information content (AvgIpc) is 2.39. The van der Waals surface area contributed by atoms with Crippen LogP contribution in [0.1, 0.15) is 6.92 Å². The maximum atomic E-state index is 11.0. The second kappa shape index (κ2) is 6.47. The van der Waals surface area contributed by atoms with E-state index >= 15 is 0 Å². The molecule has 0 spiro atoms. The van der Waals surface area contributed by atoms with E-state index < -0.39 is 10.8 Å². The summed E-state index contributed by atoms with van der Waals surface area (Å²) < 4.78 is 16.2. The SMILES string of the molecule is CCOc1ncc2cc(NCCS(C)=O)ccc2n1. The molecule has 6 heteroatoms. The summed E-state index contributed by atoms with van der Waals surface area (Å²) in [4.78, 5) is 8.44. The monoisotopic (exact) mass is 279 g/mol. The van der Waals surface area contributed by atoms with Gasteiger partial charge in [0.15, 0.2) is 0 Å². The van der Waals surface area contributed by atoms with E-state index in [4.69, 9.17) is 4.74 Å². The van der Waals surface area contributed by atoms with Gasteiger partial charge in [-0.2, -0.15) is 4.98 Å². The first-order valence-corrected chi connectivity index (χ1v) is 7.85. The van der Waals surface area contributed by atoms with Crippen LogP contribution in [-0.4, -0.2) is 39.3 Å². The highest BCUT2D eigenvalue weighted by atomic mass is 32.2. The van der Waals surface area contributed by atoms with Crippen molar-refractivity contribution in [2.45, 2.75) is 6.92 Å². The highest BCUT2D eigenvalue weighted by Gasteiger charge is 2.02. The number of rotatable bonds is 6. The fourth-order valence-electron chi connectivity index (χ4n) is 1.66.